The van der Waals surface area contributed by atoms with Crippen LogP contribution in [0.1, 0.15) is 22.3 Å². The molecule has 3 aromatic rings. The molecule has 0 unspecified atom stereocenters. The molecule has 0 bridgehead atoms. The van der Waals surface area contributed by atoms with Crippen molar-refractivity contribution in [2.45, 2.75) is 20.5 Å². The second-order valence-electron chi connectivity index (χ2n) is 7.82. The molecule has 1 fully saturated rings. The molecule has 1 saturated heterocycles. The smallest absolute Gasteiger partial charge is 0.335 e. The van der Waals surface area contributed by atoms with Crippen molar-refractivity contribution in [1.82, 2.24) is 5.32 Å². The van der Waals surface area contributed by atoms with E-state index < -0.39 is 17.8 Å². The molecule has 3 aromatic carbocycles. The van der Waals surface area contributed by atoms with E-state index in [9.17, 15) is 14.4 Å². The number of barbiturate groups is 1. The van der Waals surface area contributed by atoms with Crippen LogP contribution < -0.4 is 15.0 Å². The van der Waals surface area contributed by atoms with Gasteiger partial charge in [0.1, 0.15) is 17.9 Å². The van der Waals surface area contributed by atoms with Crippen molar-refractivity contribution in [3.05, 3.63) is 98.0 Å². The van der Waals surface area contributed by atoms with Crippen molar-refractivity contribution >= 4 is 57.1 Å². The highest BCUT2D eigenvalue weighted by atomic mass is 79.9. The molecule has 0 radical (unpaired) electrons. The third kappa shape index (κ3) is 5.05. The van der Waals surface area contributed by atoms with Gasteiger partial charge in [0.05, 0.1) is 5.69 Å². The number of rotatable bonds is 5. The van der Waals surface area contributed by atoms with Gasteiger partial charge in [0.25, 0.3) is 11.8 Å². The SMILES string of the molecule is Cc1ccc(COc2ccc(Br)cc2/C=C2\C(=O)NC(=O)N(c3ccc(Cl)cc3)C2=O)cc1C. The van der Waals surface area contributed by atoms with Gasteiger partial charge in [0.2, 0.25) is 0 Å². The third-order valence-corrected chi connectivity index (χ3v) is 6.17. The highest BCUT2D eigenvalue weighted by Gasteiger charge is 2.37. The molecule has 0 aliphatic carbocycles. The molecule has 0 atom stereocenters. The summed E-state index contributed by atoms with van der Waals surface area (Å²) in [6.45, 7) is 4.40. The molecule has 1 aliphatic rings. The summed E-state index contributed by atoms with van der Waals surface area (Å²) < 4.78 is 6.77. The van der Waals surface area contributed by atoms with Crippen LogP contribution in [-0.4, -0.2) is 17.8 Å². The van der Waals surface area contributed by atoms with Crippen molar-refractivity contribution in [2.24, 2.45) is 0 Å². The van der Waals surface area contributed by atoms with Crippen LogP contribution in [0.5, 0.6) is 5.75 Å². The third-order valence-electron chi connectivity index (χ3n) is 5.42. The van der Waals surface area contributed by atoms with Crippen LogP contribution >= 0.6 is 27.5 Å². The molecule has 0 saturated carbocycles. The van der Waals surface area contributed by atoms with Crippen LogP contribution in [0.2, 0.25) is 5.02 Å². The molecule has 4 amide bonds. The number of anilines is 1. The summed E-state index contributed by atoms with van der Waals surface area (Å²) in [5, 5.41) is 2.68. The number of imide groups is 2. The summed E-state index contributed by atoms with van der Waals surface area (Å²) in [6.07, 6.45) is 1.42. The number of benzene rings is 3. The van der Waals surface area contributed by atoms with Crippen LogP contribution in [0, 0.1) is 13.8 Å². The molecule has 1 N–H and O–H groups in total. The number of aryl methyl sites for hydroxylation is 2. The van der Waals surface area contributed by atoms with E-state index in [1.165, 1.54) is 23.8 Å². The van der Waals surface area contributed by atoms with E-state index in [0.29, 0.717) is 28.6 Å². The minimum Gasteiger partial charge on any atom is -0.488 e. The molecule has 6 nitrogen and oxygen atoms in total. The Kier molecular flexibility index (Phi) is 6.86. The fourth-order valence-corrected chi connectivity index (χ4v) is 3.96. The number of nitrogens with one attached hydrogen (secondary N) is 1. The van der Waals surface area contributed by atoms with Gasteiger partial charge in [-0.15, -0.1) is 0 Å². The Bertz CT molecular complexity index is 1340. The summed E-state index contributed by atoms with van der Waals surface area (Å²) in [6, 6.07) is 16.7. The minimum absolute atomic E-state index is 0.191. The van der Waals surface area contributed by atoms with Crippen molar-refractivity contribution < 1.29 is 19.1 Å². The Morgan fingerprint density at radius 1 is 0.971 bits per heavy atom. The van der Waals surface area contributed by atoms with Crippen LogP contribution in [0.3, 0.4) is 0 Å². The monoisotopic (exact) mass is 538 g/mol. The molecule has 0 spiro atoms. The fourth-order valence-electron chi connectivity index (χ4n) is 3.46. The average molecular weight is 540 g/mol. The number of carbonyl (C=O) groups is 3. The lowest BCUT2D eigenvalue weighted by molar-refractivity contribution is -0.122. The molecule has 1 aliphatic heterocycles. The van der Waals surface area contributed by atoms with Gasteiger partial charge in [0.15, 0.2) is 0 Å². The number of amides is 4. The molecular formula is C26H20BrClN2O4. The first-order valence-corrected chi connectivity index (χ1v) is 11.6. The summed E-state index contributed by atoms with van der Waals surface area (Å²) in [7, 11) is 0. The first-order valence-electron chi connectivity index (χ1n) is 10.4. The van der Waals surface area contributed by atoms with E-state index in [4.69, 9.17) is 16.3 Å². The first kappa shape index (κ1) is 23.7. The Balaban J connectivity index is 1.66. The van der Waals surface area contributed by atoms with Gasteiger partial charge in [-0.3, -0.25) is 14.9 Å². The Morgan fingerprint density at radius 2 is 1.71 bits per heavy atom. The van der Waals surface area contributed by atoms with Gasteiger partial charge in [-0.2, -0.15) is 0 Å². The van der Waals surface area contributed by atoms with Gasteiger partial charge in [-0.25, -0.2) is 9.69 Å². The summed E-state index contributed by atoms with van der Waals surface area (Å²) in [4.78, 5) is 39.1. The summed E-state index contributed by atoms with van der Waals surface area (Å²) >= 11 is 9.34. The molecular weight excluding hydrogens is 520 g/mol. The number of nitrogens with zero attached hydrogens (tertiary/aromatic N) is 1. The lowest BCUT2D eigenvalue weighted by Crippen LogP contribution is -2.54. The fraction of sp³-hybridized carbons (Fsp3) is 0.115. The first-order chi connectivity index (χ1) is 16.2. The topological polar surface area (TPSA) is 75.7 Å². The highest BCUT2D eigenvalue weighted by Crippen LogP contribution is 2.29. The maximum atomic E-state index is 13.2. The number of hydrogen-bond acceptors (Lipinski definition) is 4. The minimum atomic E-state index is -0.824. The van der Waals surface area contributed by atoms with Crippen molar-refractivity contribution in [3.63, 3.8) is 0 Å². The molecule has 4 rings (SSSR count). The van der Waals surface area contributed by atoms with Gasteiger partial charge < -0.3 is 4.74 Å². The zero-order valence-corrected chi connectivity index (χ0v) is 20.7. The second-order valence-corrected chi connectivity index (χ2v) is 9.18. The largest absolute Gasteiger partial charge is 0.488 e. The Morgan fingerprint density at radius 3 is 2.41 bits per heavy atom. The van der Waals surface area contributed by atoms with Crippen LogP contribution in [-0.2, 0) is 16.2 Å². The zero-order valence-electron chi connectivity index (χ0n) is 18.4. The molecule has 1 heterocycles. The predicted molar refractivity (Wildman–Crippen MR) is 135 cm³/mol. The molecule has 8 heteroatoms. The van der Waals surface area contributed by atoms with Crippen molar-refractivity contribution in [1.29, 1.82) is 0 Å². The van der Waals surface area contributed by atoms with Gasteiger partial charge in [-0.1, -0.05) is 45.7 Å². The maximum Gasteiger partial charge on any atom is 0.335 e. The Hall–Kier alpha value is -3.42. The Labute approximate surface area is 210 Å². The lowest BCUT2D eigenvalue weighted by Gasteiger charge is -2.26. The maximum absolute atomic E-state index is 13.2. The highest BCUT2D eigenvalue weighted by molar-refractivity contribution is 9.10. The van der Waals surface area contributed by atoms with Crippen LogP contribution in [0.15, 0.2) is 70.7 Å². The van der Waals surface area contributed by atoms with E-state index in [0.717, 1.165) is 20.5 Å². The van der Waals surface area contributed by atoms with Gasteiger partial charge >= 0.3 is 6.03 Å². The summed E-state index contributed by atoms with van der Waals surface area (Å²) in [5.41, 5.74) is 3.97. The number of urea groups is 1. The van der Waals surface area contributed by atoms with Crippen LogP contribution in [0.4, 0.5) is 10.5 Å². The van der Waals surface area contributed by atoms with E-state index in [1.54, 1.807) is 24.3 Å². The number of halogens is 2. The van der Waals surface area contributed by atoms with Crippen LogP contribution in [0.25, 0.3) is 6.08 Å². The summed E-state index contributed by atoms with van der Waals surface area (Å²) in [5.74, 6) is -1.03. The average Bonchev–Trinajstić information content (AvgIpc) is 2.79. The van der Waals surface area contributed by atoms with Crippen molar-refractivity contribution in [2.75, 3.05) is 4.90 Å². The van der Waals surface area contributed by atoms with E-state index in [-0.39, 0.29) is 5.57 Å². The van der Waals surface area contributed by atoms with Crippen molar-refractivity contribution in [3.8, 4) is 5.75 Å². The second kappa shape index (κ2) is 9.83. The predicted octanol–water partition coefficient (Wildman–Crippen LogP) is 5.96. The van der Waals surface area contributed by atoms with E-state index in [2.05, 4.69) is 27.3 Å². The quantitative estimate of drug-likeness (QED) is 0.320. The van der Waals surface area contributed by atoms with E-state index in [1.807, 2.05) is 32.0 Å². The normalized spacial score (nSPS) is 15.0. The van der Waals surface area contributed by atoms with E-state index >= 15 is 0 Å². The lowest BCUT2D eigenvalue weighted by atomic mass is 10.1. The zero-order chi connectivity index (χ0) is 24.4. The molecule has 34 heavy (non-hydrogen) atoms. The number of carbonyl (C=O) groups excluding carboxylic acids is 3. The van der Waals surface area contributed by atoms with Gasteiger partial charge in [-0.05, 0) is 79.1 Å². The molecule has 172 valence electrons. The standard InChI is InChI=1S/C26H20BrClN2O4/c1-15-3-4-17(11-16(15)2)14-34-23-10-5-19(27)12-18(23)13-22-24(31)29-26(33)30(25(22)32)21-8-6-20(28)7-9-21/h3-13H,14H2,1-2H3,(H,29,31,33)/b22-13+. The van der Waals surface area contributed by atoms with Gasteiger partial charge in [0, 0.05) is 15.1 Å². The number of hydrogen-bond donors (Lipinski definition) is 1. The number of ether oxygens (including phenoxy) is 1. The molecule has 0 aromatic heterocycles.